The molecule has 2 aliphatic carbocycles. The zero-order valence-corrected chi connectivity index (χ0v) is 13.1. The molecule has 4 rings (SSSR count). The fourth-order valence-electron chi connectivity index (χ4n) is 4.33. The van der Waals surface area contributed by atoms with E-state index in [1.54, 1.807) is 11.1 Å². The van der Waals surface area contributed by atoms with Crippen molar-refractivity contribution in [2.75, 3.05) is 26.2 Å². The summed E-state index contributed by atoms with van der Waals surface area (Å²) in [5.41, 5.74) is 3.21. The maximum atomic E-state index is 3.79. The summed E-state index contributed by atoms with van der Waals surface area (Å²) in [6.45, 7) is 5.10. The first-order chi connectivity index (χ1) is 10.4. The summed E-state index contributed by atoms with van der Waals surface area (Å²) in [5.74, 6) is 1.64. The normalized spacial score (nSPS) is 29.5. The Bertz CT molecular complexity index is 480. The first-order valence-corrected chi connectivity index (χ1v) is 8.93. The molecule has 0 spiro atoms. The molecule has 1 saturated carbocycles. The first-order valence-electron chi connectivity index (χ1n) is 8.93. The summed E-state index contributed by atoms with van der Waals surface area (Å²) >= 11 is 0. The summed E-state index contributed by atoms with van der Waals surface area (Å²) in [6.07, 6.45) is 8.33. The Labute approximate surface area is 128 Å². The van der Waals surface area contributed by atoms with Crippen LogP contribution in [0.5, 0.6) is 0 Å². The SMILES string of the molecule is c1ccc2c(c1)CCCC2CNCC1CCN(C2CC2)C1. The Morgan fingerprint density at radius 3 is 2.86 bits per heavy atom. The highest BCUT2D eigenvalue weighted by atomic mass is 15.2. The van der Waals surface area contributed by atoms with Gasteiger partial charge in [0.1, 0.15) is 0 Å². The molecular weight excluding hydrogens is 256 g/mol. The van der Waals surface area contributed by atoms with Crippen molar-refractivity contribution in [3.05, 3.63) is 35.4 Å². The maximum absolute atomic E-state index is 3.79. The summed E-state index contributed by atoms with van der Waals surface area (Å²) in [5, 5.41) is 3.79. The predicted octanol–water partition coefficient (Wildman–Crippen LogP) is 3.18. The van der Waals surface area contributed by atoms with Crippen molar-refractivity contribution in [1.82, 2.24) is 10.2 Å². The molecule has 1 heterocycles. The van der Waals surface area contributed by atoms with E-state index in [4.69, 9.17) is 0 Å². The van der Waals surface area contributed by atoms with Crippen molar-refractivity contribution in [3.63, 3.8) is 0 Å². The molecule has 2 fully saturated rings. The van der Waals surface area contributed by atoms with E-state index < -0.39 is 0 Å². The van der Waals surface area contributed by atoms with Gasteiger partial charge in [0.2, 0.25) is 0 Å². The quantitative estimate of drug-likeness (QED) is 0.893. The number of nitrogens with zero attached hydrogens (tertiary/aromatic N) is 1. The molecule has 1 N–H and O–H groups in total. The van der Waals surface area contributed by atoms with E-state index in [-0.39, 0.29) is 0 Å². The monoisotopic (exact) mass is 284 g/mol. The van der Waals surface area contributed by atoms with Crippen molar-refractivity contribution in [2.45, 2.75) is 50.5 Å². The van der Waals surface area contributed by atoms with Crippen molar-refractivity contribution >= 4 is 0 Å². The fraction of sp³-hybridized carbons (Fsp3) is 0.684. The van der Waals surface area contributed by atoms with E-state index in [1.165, 1.54) is 64.7 Å². The lowest BCUT2D eigenvalue weighted by Gasteiger charge is -2.26. The Hall–Kier alpha value is -0.860. The van der Waals surface area contributed by atoms with Crippen LogP contribution in [-0.4, -0.2) is 37.1 Å². The highest BCUT2D eigenvalue weighted by Crippen LogP contribution is 2.32. The zero-order valence-electron chi connectivity index (χ0n) is 13.1. The Balaban J connectivity index is 1.26. The molecule has 2 heteroatoms. The van der Waals surface area contributed by atoms with Gasteiger partial charge in [0.25, 0.3) is 0 Å². The molecule has 0 radical (unpaired) electrons. The van der Waals surface area contributed by atoms with E-state index in [0.29, 0.717) is 0 Å². The zero-order chi connectivity index (χ0) is 14.1. The van der Waals surface area contributed by atoms with E-state index >= 15 is 0 Å². The molecule has 1 aromatic carbocycles. The third kappa shape index (κ3) is 3.17. The standard InChI is InChI=1S/C19H28N2/c1-2-7-19-16(4-1)5-3-6-17(19)13-20-12-15-10-11-21(14-15)18-8-9-18/h1-2,4,7,15,17-18,20H,3,5-6,8-14H2. The number of aryl methyl sites for hydroxylation is 1. The predicted molar refractivity (Wildman–Crippen MR) is 87.7 cm³/mol. The van der Waals surface area contributed by atoms with Gasteiger partial charge in [0.15, 0.2) is 0 Å². The van der Waals surface area contributed by atoms with Gasteiger partial charge in [-0.2, -0.15) is 0 Å². The second-order valence-electron chi connectivity index (χ2n) is 7.33. The second kappa shape index (κ2) is 6.10. The molecule has 1 saturated heterocycles. The lowest BCUT2D eigenvalue weighted by atomic mass is 9.83. The molecule has 0 bridgehead atoms. The smallest absolute Gasteiger partial charge is 0.00965 e. The van der Waals surface area contributed by atoms with Gasteiger partial charge in [-0.15, -0.1) is 0 Å². The lowest BCUT2D eigenvalue weighted by molar-refractivity contribution is 0.311. The van der Waals surface area contributed by atoms with Crippen LogP contribution in [0.15, 0.2) is 24.3 Å². The number of benzene rings is 1. The van der Waals surface area contributed by atoms with Crippen LogP contribution in [0, 0.1) is 5.92 Å². The van der Waals surface area contributed by atoms with Gasteiger partial charge in [-0.25, -0.2) is 0 Å². The third-order valence-corrected chi connectivity index (χ3v) is 5.70. The Kier molecular flexibility index (Phi) is 4.00. The average molecular weight is 284 g/mol. The number of fused-ring (bicyclic) bond motifs is 1. The molecular formula is C19H28N2. The lowest BCUT2D eigenvalue weighted by Crippen LogP contribution is -2.31. The van der Waals surface area contributed by atoms with E-state index in [1.807, 2.05) is 0 Å². The van der Waals surface area contributed by atoms with Gasteiger partial charge in [-0.1, -0.05) is 24.3 Å². The Morgan fingerprint density at radius 1 is 1.05 bits per heavy atom. The minimum Gasteiger partial charge on any atom is -0.316 e. The highest BCUT2D eigenvalue weighted by molar-refractivity contribution is 5.32. The van der Waals surface area contributed by atoms with Crippen molar-refractivity contribution in [3.8, 4) is 0 Å². The number of nitrogens with one attached hydrogen (secondary N) is 1. The van der Waals surface area contributed by atoms with E-state index in [0.717, 1.165) is 17.9 Å². The summed E-state index contributed by atoms with van der Waals surface area (Å²) in [4.78, 5) is 2.72. The van der Waals surface area contributed by atoms with Crippen LogP contribution in [0.4, 0.5) is 0 Å². The first kappa shape index (κ1) is 13.8. The molecule has 3 aliphatic rings. The molecule has 21 heavy (non-hydrogen) atoms. The van der Waals surface area contributed by atoms with Crippen LogP contribution >= 0.6 is 0 Å². The fourth-order valence-corrected chi connectivity index (χ4v) is 4.33. The molecule has 2 atom stereocenters. The molecule has 2 unspecified atom stereocenters. The Morgan fingerprint density at radius 2 is 1.95 bits per heavy atom. The van der Waals surface area contributed by atoms with Crippen LogP contribution in [0.3, 0.4) is 0 Å². The summed E-state index contributed by atoms with van der Waals surface area (Å²) in [6, 6.07) is 10.0. The van der Waals surface area contributed by atoms with Crippen LogP contribution < -0.4 is 5.32 Å². The van der Waals surface area contributed by atoms with E-state index in [2.05, 4.69) is 34.5 Å². The number of hydrogen-bond donors (Lipinski definition) is 1. The van der Waals surface area contributed by atoms with Gasteiger partial charge in [0.05, 0.1) is 0 Å². The molecule has 0 amide bonds. The van der Waals surface area contributed by atoms with Crippen LogP contribution in [0.1, 0.15) is 49.1 Å². The van der Waals surface area contributed by atoms with Crippen LogP contribution in [0.2, 0.25) is 0 Å². The molecule has 0 aromatic heterocycles. The third-order valence-electron chi connectivity index (χ3n) is 5.70. The minimum absolute atomic E-state index is 0.746. The molecule has 1 aromatic rings. The average Bonchev–Trinajstić information content (AvgIpc) is 3.27. The minimum atomic E-state index is 0.746. The van der Waals surface area contributed by atoms with Gasteiger partial charge in [0, 0.05) is 19.1 Å². The van der Waals surface area contributed by atoms with E-state index in [9.17, 15) is 0 Å². The molecule has 2 nitrogen and oxygen atoms in total. The van der Waals surface area contributed by atoms with Crippen molar-refractivity contribution in [2.24, 2.45) is 5.92 Å². The summed E-state index contributed by atoms with van der Waals surface area (Å²) in [7, 11) is 0. The number of likely N-dealkylation sites (tertiary alicyclic amines) is 1. The van der Waals surface area contributed by atoms with Gasteiger partial charge in [-0.05, 0) is 74.6 Å². The van der Waals surface area contributed by atoms with Gasteiger partial charge in [-0.3, -0.25) is 0 Å². The van der Waals surface area contributed by atoms with Gasteiger partial charge < -0.3 is 10.2 Å². The number of rotatable bonds is 5. The maximum Gasteiger partial charge on any atom is 0.00965 e. The van der Waals surface area contributed by atoms with Crippen LogP contribution in [0.25, 0.3) is 0 Å². The van der Waals surface area contributed by atoms with Crippen molar-refractivity contribution < 1.29 is 0 Å². The summed E-state index contributed by atoms with van der Waals surface area (Å²) < 4.78 is 0. The van der Waals surface area contributed by atoms with Gasteiger partial charge >= 0.3 is 0 Å². The molecule has 114 valence electrons. The molecule has 1 aliphatic heterocycles. The highest BCUT2D eigenvalue weighted by Gasteiger charge is 2.34. The number of hydrogen-bond acceptors (Lipinski definition) is 2. The topological polar surface area (TPSA) is 15.3 Å². The van der Waals surface area contributed by atoms with Crippen LogP contribution in [-0.2, 0) is 6.42 Å². The largest absolute Gasteiger partial charge is 0.316 e. The second-order valence-corrected chi connectivity index (χ2v) is 7.33. The van der Waals surface area contributed by atoms with Crippen molar-refractivity contribution in [1.29, 1.82) is 0 Å².